The van der Waals surface area contributed by atoms with Crippen LogP contribution in [0.5, 0.6) is 5.75 Å². The lowest BCUT2D eigenvalue weighted by Crippen LogP contribution is -2.11. The molecule has 122 valence electrons. The van der Waals surface area contributed by atoms with Crippen LogP contribution in [0.2, 0.25) is 0 Å². The fraction of sp³-hybridized carbons (Fsp3) is 0.294. The van der Waals surface area contributed by atoms with Crippen LogP contribution in [0.3, 0.4) is 0 Å². The van der Waals surface area contributed by atoms with Gasteiger partial charge < -0.3 is 19.6 Å². The van der Waals surface area contributed by atoms with Crippen LogP contribution in [0.25, 0.3) is 0 Å². The van der Waals surface area contributed by atoms with E-state index >= 15 is 0 Å². The van der Waals surface area contributed by atoms with Gasteiger partial charge in [0.05, 0.1) is 12.2 Å². The van der Waals surface area contributed by atoms with Gasteiger partial charge in [0.15, 0.2) is 5.76 Å². The lowest BCUT2D eigenvalue weighted by atomic mass is 10.1. The van der Waals surface area contributed by atoms with Crippen molar-refractivity contribution in [2.75, 3.05) is 11.9 Å². The van der Waals surface area contributed by atoms with E-state index < -0.39 is 11.9 Å². The number of amides is 1. The zero-order valence-electron chi connectivity index (χ0n) is 13.0. The van der Waals surface area contributed by atoms with Crippen LogP contribution in [-0.2, 0) is 0 Å². The van der Waals surface area contributed by atoms with Crippen LogP contribution in [-0.4, -0.2) is 23.6 Å². The maximum atomic E-state index is 12.0. The third kappa shape index (κ3) is 4.88. The summed E-state index contributed by atoms with van der Waals surface area (Å²) in [6.45, 7) is 4.85. The third-order valence-electron chi connectivity index (χ3n) is 3.13. The average Bonchev–Trinajstić information content (AvgIpc) is 2.97. The van der Waals surface area contributed by atoms with Crippen molar-refractivity contribution in [1.29, 1.82) is 0 Å². The predicted molar refractivity (Wildman–Crippen MR) is 85.0 cm³/mol. The molecule has 0 atom stereocenters. The third-order valence-corrected chi connectivity index (χ3v) is 3.13. The first-order valence-electron chi connectivity index (χ1n) is 7.31. The molecule has 2 rings (SSSR count). The number of benzene rings is 1. The minimum atomic E-state index is -1.15. The number of furan rings is 1. The fourth-order valence-corrected chi connectivity index (χ4v) is 1.84. The predicted octanol–water partition coefficient (Wildman–Crippen LogP) is 3.66. The highest BCUT2D eigenvalue weighted by Gasteiger charge is 2.15. The molecule has 23 heavy (non-hydrogen) atoms. The number of aromatic carboxylic acids is 1. The zero-order chi connectivity index (χ0) is 16.8. The molecule has 1 amide bonds. The maximum absolute atomic E-state index is 12.0. The summed E-state index contributed by atoms with van der Waals surface area (Å²) in [5.74, 6) is -0.506. The Bertz CT molecular complexity index is 690. The van der Waals surface area contributed by atoms with E-state index in [1.807, 2.05) is 6.07 Å². The molecular formula is C17H19NO5. The van der Waals surface area contributed by atoms with E-state index in [1.54, 1.807) is 18.2 Å². The fourth-order valence-electron chi connectivity index (χ4n) is 1.84. The Balaban J connectivity index is 1.98. The van der Waals surface area contributed by atoms with Gasteiger partial charge in [0, 0.05) is 17.8 Å². The van der Waals surface area contributed by atoms with Gasteiger partial charge in [-0.05, 0) is 24.5 Å². The summed E-state index contributed by atoms with van der Waals surface area (Å²) in [5, 5.41) is 11.5. The van der Waals surface area contributed by atoms with Gasteiger partial charge >= 0.3 is 5.97 Å². The molecule has 0 saturated heterocycles. The van der Waals surface area contributed by atoms with Gasteiger partial charge in [-0.1, -0.05) is 19.9 Å². The number of carbonyl (C=O) groups excluding carboxylic acids is 1. The molecule has 0 saturated carbocycles. The van der Waals surface area contributed by atoms with Gasteiger partial charge in [0.25, 0.3) is 5.91 Å². The first-order valence-corrected chi connectivity index (χ1v) is 7.31. The van der Waals surface area contributed by atoms with Crippen molar-refractivity contribution < 1.29 is 23.8 Å². The standard InChI is InChI=1S/C17H19NO5/c1-11(2)6-7-22-14-5-3-4-13(9-14)18-16(19)15-8-12(10-23-15)17(20)21/h3-5,8-11H,6-7H2,1-2H3,(H,18,19)(H,20,21). The van der Waals surface area contributed by atoms with Gasteiger partial charge in [-0.15, -0.1) is 0 Å². The summed E-state index contributed by atoms with van der Waals surface area (Å²) in [6.07, 6.45) is 1.98. The van der Waals surface area contributed by atoms with Crippen LogP contribution < -0.4 is 10.1 Å². The molecule has 6 heteroatoms. The Hall–Kier alpha value is -2.76. The summed E-state index contributed by atoms with van der Waals surface area (Å²) >= 11 is 0. The lowest BCUT2D eigenvalue weighted by Gasteiger charge is -2.09. The molecule has 1 aromatic heterocycles. The first-order chi connectivity index (χ1) is 11.0. The summed E-state index contributed by atoms with van der Waals surface area (Å²) in [7, 11) is 0. The van der Waals surface area contributed by atoms with Crippen molar-refractivity contribution in [3.63, 3.8) is 0 Å². The quantitative estimate of drug-likeness (QED) is 0.813. The van der Waals surface area contributed by atoms with Crippen molar-refractivity contribution in [3.8, 4) is 5.75 Å². The van der Waals surface area contributed by atoms with Gasteiger partial charge in [-0.3, -0.25) is 4.79 Å². The monoisotopic (exact) mass is 317 g/mol. The van der Waals surface area contributed by atoms with E-state index in [4.69, 9.17) is 14.3 Å². The molecule has 2 aromatic rings. The van der Waals surface area contributed by atoms with E-state index in [9.17, 15) is 9.59 Å². The van der Waals surface area contributed by atoms with Crippen molar-refractivity contribution in [2.24, 2.45) is 5.92 Å². The molecule has 0 aliphatic rings. The second kappa shape index (κ2) is 7.49. The highest BCUT2D eigenvalue weighted by Crippen LogP contribution is 2.19. The number of nitrogens with one attached hydrogen (secondary N) is 1. The number of hydrogen-bond acceptors (Lipinski definition) is 4. The topological polar surface area (TPSA) is 88.8 Å². The van der Waals surface area contributed by atoms with Crippen molar-refractivity contribution in [1.82, 2.24) is 0 Å². The highest BCUT2D eigenvalue weighted by molar-refractivity contribution is 6.03. The number of rotatable bonds is 7. The van der Waals surface area contributed by atoms with Gasteiger partial charge in [0.1, 0.15) is 12.0 Å². The Morgan fingerprint density at radius 3 is 2.74 bits per heavy atom. The molecule has 0 radical (unpaired) electrons. The van der Waals surface area contributed by atoms with Crippen LogP contribution in [0.4, 0.5) is 5.69 Å². The Kier molecular flexibility index (Phi) is 5.41. The summed E-state index contributed by atoms with van der Waals surface area (Å²) in [5.41, 5.74) is 0.478. The van der Waals surface area contributed by atoms with E-state index in [0.29, 0.717) is 24.0 Å². The number of anilines is 1. The molecule has 6 nitrogen and oxygen atoms in total. The number of hydrogen-bond donors (Lipinski definition) is 2. The number of carboxylic acids is 1. The van der Waals surface area contributed by atoms with Gasteiger partial charge in [0.2, 0.25) is 0 Å². The van der Waals surface area contributed by atoms with Crippen LogP contribution >= 0.6 is 0 Å². The number of carbonyl (C=O) groups is 2. The van der Waals surface area contributed by atoms with E-state index in [-0.39, 0.29) is 11.3 Å². The van der Waals surface area contributed by atoms with Gasteiger partial charge in [-0.25, -0.2) is 4.79 Å². The minimum absolute atomic E-state index is 0.0615. The minimum Gasteiger partial charge on any atom is -0.494 e. The van der Waals surface area contributed by atoms with E-state index in [2.05, 4.69) is 19.2 Å². The SMILES string of the molecule is CC(C)CCOc1cccc(NC(=O)c2cc(C(=O)O)co2)c1. The van der Waals surface area contributed by atoms with Crippen LogP contribution in [0.1, 0.15) is 41.2 Å². The zero-order valence-corrected chi connectivity index (χ0v) is 13.0. The molecule has 1 aromatic carbocycles. The van der Waals surface area contributed by atoms with Crippen molar-refractivity contribution in [2.45, 2.75) is 20.3 Å². The molecule has 2 N–H and O–H groups in total. The summed E-state index contributed by atoms with van der Waals surface area (Å²) in [4.78, 5) is 22.8. The number of ether oxygens (including phenoxy) is 1. The first kappa shape index (κ1) is 16.6. The van der Waals surface area contributed by atoms with E-state index in [1.165, 1.54) is 6.07 Å². The molecule has 0 aliphatic heterocycles. The second-order valence-electron chi connectivity index (χ2n) is 5.52. The molecule has 0 spiro atoms. The molecular weight excluding hydrogens is 298 g/mol. The summed E-state index contributed by atoms with van der Waals surface area (Å²) in [6, 6.07) is 8.19. The van der Waals surface area contributed by atoms with Crippen LogP contribution in [0.15, 0.2) is 41.0 Å². The highest BCUT2D eigenvalue weighted by atomic mass is 16.5. The summed E-state index contributed by atoms with van der Waals surface area (Å²) < 4.78 is 10.6. The largest absolute Gasteiger partial charge is 0.494 e. The second-order valence-corrected chi connectivity index (χ2v) is 5.52. The van der Waals surface area contributed by atoms with Crippen molar-refractivity contribution in [3.05, 3.63) is 47.9 Å². The Morgan fingerprint density at radius 1 is 1.30 bits per heavy atom. The molecule has 0 bridgehead atoms. The molecule has 0 unspecified atom stereocenters. The Labute approximate surface area is 134 Å². The average molecular weight is 317 g/mol. The lowest BCUT2D eigenvalue weighted by molar-refractivity contribution is 0.0696. The normalized spacial score (nSPS) is 10.6. The Morgan fingerprint density at radius 2 is 2.09 bits per heavy atom. The maximum Gasteiger partial charge on any atom is 0.338 e. The van der Waals surface area contributed by atoms with Gasteiger partial charge in [-0.2, -0.15) is 0 Å². The number of carboxylic acid groups (broad SMARTS) is 1. The van der Waals surface area contributed by atoms with E-state index in [0.717, 1.165) is 12.7 Å². The van der Waals surface area contributed by atoms with Crippen LogP contribution in [0, 0.1) is 5.92 Å². The molecule has 0 aliphatic carbocycles. The molecule has 0 fully saturated rings. The van der Waals surface area contributed by atoms with Crippen molar-refractivity contribution >= 4 is 17.6 Å². The smallest absolute Gasteiger partial charge is 0.338 e. The molecule has 1 heterocycles.